The van der Waals surface area contributed by atoms with Gasteiger partial charge in [-0.3, -0.25) is 9.59 Å². The Hall–Kier alpha value is -3.14. The molecule has 4 heteroatoms. The first-order valence-corrected chi connectivity index (χ1v) is 7.28. The van der Waals surface area contributed by atoms with Gasteiger partial charge in [0.1, 0.15) is 5.76 Å². The molecule has 0 atom stereocenters. The van der Waals surface area contributed by atoms with Gasteiger partial charge in [-0.2, -0.15) is 0 Å². The topological polar surface area (TPSA) is 63.1 Å². The molecule has 0 spiro atoms. The third kappa shape index (κ3) is 2.07. The van der Waals surface area contributed by atoms with Crippen molar-refractivity contribution in [3.63, 3.8) is 0 Å². The minimum Gasteiger partial charge on any atom is -0.453 e. The number of aromatic nitrogens is 1. The third-order valence-corrected chi connectivity index (χ3v) is 4.00. The first-order valence-electron chi connectivity index (χ1n) is 7.28. The Morgan fingerprint density at radius 1 is 1.04 bits per heavy atom. The number of nitrogens with one attached hydrogen (secondary N) is 1. The van der Waals surface area contributed by atoms with E-state index >= 15 is 0 Å². The molecule has 4 nitrogen and oxygen atoms in total. The average molecular weight is 303 g/mol. The van der Waals surface area contributed by atoms with Gasteiger partial charge in [0.15, 0.2) is 17.5 Å². The molecular weight excluding hydrogens is 290 g/mol. The lowest BCUT2D eigenvalue weighted by molar-refractivity contribution is 0.110. The van der Waals surface area contributed by atoms with Gasteiger partial charge in [-0.1, -0.05) is 17.7 Å². The zero-order chi connectivity index (χ0) is 16.0. The largest absolute Gasteiger partial charge is 0.453 e. The van der Waals surface area contributed by atoms with E-state index in [4.69, 9.17) is 4.42 Å². The van der Waals surface area contributed by atoms with Crippen LogP contribution in [-0.2, 0) is 0 Å². The molecule has 2 heterocycles. The lowest BCUT2D eigenvalue weighted by Gasteiger charge is -2.07. The minimum absolute atomic E-state index is 0.0125. The summed E-state index contributed by atoms with van der Waals surface area (Å²) in [5, 5.41) is 1.27. The Morgan fingerprint density at radius 2 is 1.91 bits per heavy atom. The second kappa shape index (κ2) is 4.95. The van der Waals surface area contributed by atoms with Crippen molar-refractivity contribution in [2.75, 3.05) is 0 Å². The number of H-pyrrole nitrogens is 1. The van der Waals surface area contributed by atoms with Crippen LogP contribution in [0.4, 0.5) is 0 Å². The highest BCUT2D eigenvalue weighted by Gasteiger charge is 2.12. The summed E-state index contributed by atoms with van der Waals surface area (Å²) in [6.07, 6.45) is 0.662. The Bertz CT molecular complexity index is 1120. The lowest BCUT2D eigenvalue weighted by atomic mass is 10.0. The van der Waals surface area contributed by atoms with Gasteiger partial charge in [0.05, 0.1) is 5.52 Å². The van der Waals surface area contributed by atoms with E-state index in [2.05, 4.69) is 4.98 Å². The number of pyridine rings is 1. The smallest absolute Gasteiger partial charge is 0.197 e. The normalized spacial score (nSPS) is 11.2. The predicted octanol–water partition coefficient (Wildman–Crippen LogP) is 4.06. The molecule has 0 radical (unpaired) electrons. The second-order valence-corrected chi connectivity index (χ2v) is 5.55. The van der Waals surface area contributed by atoms with Crippen LogP contribution in [0.3, 0.4) is 0 Å². The van der Waals surface area contributed by atoms with Crippen LogP contribution in [0.2, 0.25) is 0 Å². The van der Waals surface area contributed by atoms with Crippen LogP contribution in [0.1, 0.15) is 16.1 Å². The van der Waals surface area contributed by atoms with Gasteiger partial charge in [0, 0.05) is 21.9 Å². The standard InChI is InChI=1S/C19H13NO3/c1-11-5-7-16-15(9-11)19(22)14-4-2-3-13(18(14)20-16)17-8-6-12(10-21)23-17/h2-10H,1H3,(H,20,22). The number of carbonyl (C=O) groups is 1. The van der Waals surface area contributed by atoms with Gasteiger partial charge in [0.25, 0.3) is 0 Å². The van der Waals surface area contributed by atoms with Crippen molar-refractivity contribution < 1.29 is 9.21 Å². The fraction of sp³-hybridized carbons (Fsp3) is 0.0526. The zero-order valence-electron chi connectivity index (χ0n) is 12.4. The minimum atomic E-state index is -0.0125. The molecule has 4 rings (SSSR count). The van der Waals surface area contributed by atoms with E-state index in [0.29, 0.717) is 28.3 Å². The van der Waals surface area contributed by atoms with Gasteiger partial charge < -0.3 is 9.40 Å². The van der Waals surface area contributed by atoms with E-state index in [1.54, 1.807) is 18.2 Å². The number of aryl methyl sites for hydroxylation is 1. The Balaban J connectivity index is 2.11. The molecule has 4 aromatic rings. The molecule has 2 aromatic heterocycles. The molecular formula is C19H13NO3. The number of benzene rings is 2. The van der Waals surface area contributed by atoms with E-state index in [1.807, 2.05) is 37.3 Å². The molecule has 23 heavy (non-hydrogen) atoms. The molecule has 0 aliphatic rings. The number of hydrogen-bond acceptors (Lipinski definition) is 3. The highest BCUT2D eigenvalue weighted by Crippen LogP contribution is 2.28. The molecule has 2 aromatic carbocycles. The number of carbonyl (C=O) groups excluding carboxylic acids is 1. The van der Waals surface area contributed by atoms with Crippen molar-refractivity contribution >= 4 is 28.1 Å². The third-order valence-electron chi connectivity index (χ3n) is 4.00. The fourth-order valence-electron chi connectivity index (χ4n) is 2.88. The SMILES string of the molecule is Cc1ccc2[nH]c3c(-c4ccc(C=O)o4)cccc3c(=O)c2c1. The number of hydrogen-bond donors (Lipinski definition) is 1. The molecule has 0 aliphatic heterocycles. The summed E-state index contributed by atoms with van der Waals surface area (Å²) in [5.41, 5.74) is 3.28. The summed E-state index contributed by atoms with van der Waals surface area (Å²) in [6.45, 7) is 1.96. The number of aromatic amines is 1. The van der Waals surface area contributed by atoms with Crippen molar-refractivity contribution in [2.45, 2.75) is 6.92 Å². The van der Waals surface area contributed by atoms with Gasteiger partial charge >= 0.3 is 0 Å². The molecule has 0 saturated carbocycles. The summed E-state index contributed by atoms with van der Waals surface area (Å²) >= 11 is 0. The van der Waals surface area contributed by atoms with Crippen LogP contribution in [0.25, 0.3) is 33.1 Å². The maximum atomic E-state index is 12.8. The second-order valence-electron chi connectivity index (χ2n) is 5.55. The molecule has 0 saturated heterocycles. The van der Waals surface area contributed by atoms with Crippen molar-refractivity contribution in [1.82, 2.24) is 4.98 Å². The Morgan fingerprint density at radius 3 is 2.70 bits per heavy atom. The first-order chi connectivity index (χ1) is 11.2. The van der Waals surface area contributed by atoms with Gasteiger partial charge in [-0.25, -0.2) is 0 Å². The maximum absolute atomic E-state index is 12.8. The summed E-state index contributed by atoms with van der Waals surface area (Å²) in [5.74, 6) is 0.815. The Labute approximate surface area is 131 Å². The molecule has 0 fully saturated rings. The highest BCUT2D eigenvalue weighted by molar-refractivity contribution is 5.99. The van der Waals surface area contributed by atoms with E-state index in [1.165, 1.54) is 0 Å². The summed E-state index contributed by atoms with van der Waals surface area (Å²) in [7, 11) is 0. The molecule has 0 aliphatic carbocycles. The van der Waals surface area contributed by atoms with E-state index in [9.17, 15) is 9.59 Å². The lowest BCUT2D eigenvalue weighted by Crippen LogP contribution is -2.05. The average Bonchev–Trinajstić information content (AvgIpc) is 3.04. The van der Waals surface area contributed by atoms with Gasteiger partial charge in [0.2, 0.25) is 0 Å². The van der Waals surface area contributed by atoms with Crippen molar-refractivity contribution in [1.29, 1.82) is 0 Å². The molecule has 0 bridgehead atoms. The number of rotatable bonds is 2. The van der Waals surface area contributed by atoms with Crippen LogP contribution in [0, 0.1) is 6.92 Å². The van der Waals surface area contributed by atoms with Crippen molar-refractivity contribution in [3.8, 4) is 11.3 Å². The molecule has 112 valence electrons. The monoisotopic (exact) mass is 303 g/mol. The number of aldehydes is 1. The number of furan rings is 1. The highest BCUT2D eigenvalue weighted by atomic mass is 16.3. The van der Waals surface area contributed by atoms with E-state index in [0.717, 1.165) is 16.6 Å². The summed E-state index contributed by atoms with van der Waals surface area (Å²) < 4.78 is 5.51. The summed E-state index contributed by atoms with van der Waals surface area (Å²) in [4.78, 5) is 26.9. The molecule has 1 N–H and O–H groups in total. The van der Waals surface area contributed by atoms with Gasteiger partial charge in [-0.15, -0.1) is 0 Å². The van der Waals surface area contributed by atoms with Crippen LogP contribution in [-0.4, -0.2) is 11.3 Å². The number of fused-ring (bicyclic) bond motifs is 2. The van der Waals surface area contributed by atoms with Crippen LogP contribution >= 0.6 is 0 Å². The zero-order valence-corrected chi connectivity index (χ0v) is 12.4. The summed E-state index contributed by atoms with van der Waals surface area (Å²) in [6, 6.07) is 14.6. The quantitative estimate of drug-likeness (QED) is 0.448. The van der Waals surface area contributed by atoms with Crippen molar-refractivity contribution in [3.05, 3.63) is 70.1 Å². The van der Waals surface area contributed by atoms with Crippen LogP contribution in [0.5, 0.6) is 0 Å². The molecule has 0 amide bonds. The van der Waals surface area contributed by atoms with Crippen molar-refractivity contribution in [2.24, 2.45) is 0 Å². The first kappa shape index (κ1) is 13.5. The molecule has 0 unspecified atom stereocenters. The van der Waals surface area contributed by atoms with Crippen LogP contribution < -0.4 is 5.43 Å². The van der Waals surface area contributed by atoms with E-state index < -0.39 is 0 Å². The fourth-order valence-corrected chi connectivity index (χ4v) is 2.88. The predicted molar refractivity (Wildman–Crippen MR) is 89.9 cm³/mol. The van der Waals surface area contributed by atoms with Gasteiger partial charge in [-0.05, 0) is 43.3 Å². The van der Waals surface area contributed by atoms with E-state index in [-0.39, 0.29) is 11.2 Å². The Kier molecular flexibility index (Phi) is 2.91. The number of para-hydroxylation sites is 1. The van der Waals surface area contributed by atoms with Crippen LogP contribution in [0.15, 0.2) is 57.7 Å². The maximum Gasteiger partial charge on any atom is 0.197 e.